The van der Waals surface area contributed by atoms with Gasteiger partial charge in [0.1, 0.15) is 11.6 Å². The summed E-state index contributed by atoms with van der Waals surface area (Å²) >= 11 is 3.53. The van der Waals surface area contributed by atoms with Gasteiger partial charge in [0.25, 0.3) is 0 Å². The molecule has 1 unspecified atom stereocenters. The van der Waals surface area contributed by atoms with E-state index in [-0.39, 0.29) is 19.1 Å². The lowest BCUT2D eigenvalue weighted by Crippen LogP contribution is -2.59. The van der Waals surface area contributed by atoms with Gasteiger partial charge in [-0.2, -0.15) is 0 Å². The zero-order valence-corrected chi connectivity index (χ0v) is 20.1. The summed E-state index contributed by atoms with van der Waals surface area (Å²) in [6, 6.07) is 9.24. The van der Waals surface area contributed by atoms with Gasteiger partial charge in [0.15, 0.2) is 0 Å². The Hall–Kier alpha value is -2.45. The molecule has 1 aromatic carbocycles. The molecule has 1 fully saturated rings. The van der Waals surface area contributed by atoms with Gasteiger partial charge in [-0.25, -0.2) is 9.59 Å². The molecule has 2 aromatic rings. The van der Waals surface area contributed by atoms with Crippen LogP contribution in [0.15, 0.2) is 41.0 Å². The molecule has 32 heavy (non-hydrogen) atoms. The van der Waals surface area contributed by atoms with E-state index < -0.39 is 23.7 Å². The zero-order chi connectivity index (χ0) is 23.0. The Morgan fingerprint density at radius 2 is 1.88 bits per heavy atom. The third kappa shape index (κ3) is 4.66. The quantitative estimate of drug-likeness (QED) is 0.668. The Morgan fingerprint density at radius 1 is 1.16 bits per heavy atom. The maximum atomic E-state index is 12.7. The largest absolute Gasteiger partial charge is 0.480 e. The van der Waals surface area contributed by atoms with Crippen molar-refractivity contribution in [3.05, 3.63) is 63.4 Å². The standard InChI is InChI=1S/C24H28BrN3O4/c1-24(2,3)32-23(31)28-11-10-27(14-19(28)22(29)30)21-18-7-5-4-6-15(18)8-9-16-12-17(25)13-26-20(16)21/h4-7,12-13,19,21H,8-11,14H2,1-3H3,(H,29,30)/t19-,21?/m1/s1. The zero-order valence-electron chi connectivity index (χ0n) is 18.5. The van der Waals surface area contributed by atoms with Gasteiger partial charge in [-0.05, 0) is 72.3 Å². The van der Waals surface area contributed by atoms with Crippen molar-refractivity contribution in [2.75, 3.05) is 19.6 Å². The van der Waals surface area contributed by atoms with Crippen LogP contribution in [-0.4, -0.2) is 63.2 Å². The minimum Gasteiger partial charge on any atom is -0.480 e. The second-order valence-electron chi connectivity index (χ2n) is 9.32. The van der Waals surface area contributed by atoms with E-state index in [9.17, 15) is 14.7 Å². The summed E-state index contributed by atoms with van der Waals surface area (Å²) in [5.74, 6) is -1.04. The highest BCUT2D eigenvalue weighted by molar-refractivity contribution is 9.10. The number of fused-ring (bicyclic) bond motifs is 2. The summed E-state index contributed by atoms with van der Waals surface area (Å²) in [6.45, 7) is 6.33. The first-order chi connectivity index (χ1) is 15.1. The van der Waals surface area contributed by atoms with Crippen LogP contribution in [0.2, 0.25) is 0 Å². The van der Waals surface area contributed by atoms with Crippen LogP contribution in [0, 0.1) is 0 Å². The summed E-state index contributed by atoms with van der Waals surface area (Å²) in [5, 5.41) is 9.96. The Bertz CT molecular complexity index is 1040. The van der Waals surface area contributed by atoms with E-state index in [1.54, 1.807) is 27.0 Å². The number of carboxylic acids is 1. The second kappa shape index (κ2) is 8.83. The number of carboxylic acid groups (broad SMARTS) is 1. The van der Waals surface area contributed by atoms with Gasteiger partial charge in [0, 0.05) is 30.3 Å². The number of piperazine rings is 1. The number of benzene rings is 1. The Morgan fingerprint density at radius 3 is 2.59 bits per heavy atom. The van der Waals surface area contributed by atoms with Crippen molar-refractivity contribution in [1.82, 2.24) is 14.8 Å². The lowest BCUT2D eigenvalue weighted by molar-refractivity contribution is -0.146. The maximum absolute atomic E-state index is 12.7. The van der Waals surface area contributed by atoms with Crippen molar-refractivity contribution >= 4 is 28.0 Å². The molecular formula is C24H28BrN3O4. The van der Waals surface area contributed by atoms with Crippen LogP contribution in [0.5, 0.6) is 0 Å². The van der Waals surface area contributed by atoms with Crippen molar-refractivity contribution in [3.8, 4) is 0 Å². The first-order valence-electron chi connectivity index (χ1n) is 10.8. The highest BCUT2D eigenvalue weighted by Crippen LogP contribution is 2.37. The van der Waals surface area contributed by atoms with Gasteiger partial charge >= 0.3 is 12.1 Å². The average molecular weight is 502 g/mol. The van der Waals surface area contributed by atoms with Crippen LogP contribution in [0.1, 0.15) is 49.2 Å². The molecule has 7 nitrogen and oxygen atoms in total. The minimum atomic E-state index is -1.04. The number of ether oxygens (including phenoxy) is 1. The van der Waals surface area contributed by atoms with E-state index in [1.165, 1.54) is 10.5 Å². The van der Waals surface area contributed by atoms with Crippen LogP contribution < -0.4 is 0 Å². The van der Waals surface area contributed by atoms with Crippen molar-refractivity contribution in [3.63, 3.8) is 0 Å². The van der Waals surface area contributed by atoms with Gasteiger partial charge in [0.2, 0.25) is 0 Å². The van der Waals surface area contributed by atoms with Gasteiger partial charge < -0.3 is 9.84 Å². The summed E-state index contributed by atoms with van der Waals surface area (Å²) in [4.78, 5) is 33.1. The van der Waals surface area contributed by atoms with Crippen LogP contribution >= 0.6 is 15.9 Å². The number of halogens is 1. The van der Waals surface area contributed by atoms with E-state index in [0.29, 0.717) is 6.54 Å². The number of aryl methyl sites for hydroxylation is 2. The van der Waals surface area contributed by atoms with Crippen molar-refractivity contribution in [2.45, 2.75) is 51.3 Å². The summed E-state index contributed by atoms with van der Waals surface area (Å²) in [5.41, 5.74) is 3.81. The number of aliphatic carboxylic acids is 1. The molecule has 2 heterocycles. The molecule has 1 N–H and O–H groups in total. The van der Waals surface area contributed by atoms with E-state index in [2.05, 4.69) is 39.0 Å². The molecule has 1 aliphatic carbocycles. The number of carbonyl (C=O) groups is 2. The van der Waals surface area contributed by atoms with Gasteiger partial charge in [0.05, 0.1) is 11.7 Å². The summed E-state index contributed by atoms with van der Waals surface area (Å²) < 4.78 is 6.40. The summed E-state index contributed by atoms with van der Waals surface area (Å²) in [7, 11) is 0. The smallest absolute Gasteiger partial charge is 0.411 e. The van der Waals surface area contributed by atoms with Gasteiger partial charge in [-0.3, -0.25) is 14.8 Å². The molecule has 2 atom stereocenters. The van der Waals surface area contributed by atoms with Crippen LogP contribution in [0.4, 0.5) is 4.79 Å². The van der Waals surface area contributed by atoms with Gasteiger partial charge in [-0.15, -0.1) is 0 Å². The fourth-order valence-corrected chi connectivity index (χ4v) is 4.92. The van der Waals surface area contributed by atoms with E-state index in [1.807, 2.05) is 12.1 Å². The van der Waals surface area contributed by atoms with Crippen LogP contribution in [0.25, 0.3) is 0 Å². The number of hydrogen-bond donors (Lipinski definition) is 1. The van der Waals surface area contributed by atoms with E-state index in [4.69, 9.17) is 9.72 Å². The van der Waals surface area contributed by atoms with Crippen molar-refractivity contribution in [1.29, 1.82) is 0 Å². The molecule has 4 rings (SSSR count). The molecule has 0 radical (unpaired) electrons. The Balaban J connectivity index is 1.70. The van der Waals surface area contributed by atoms with E-state index in [0.717, 1.165) is 34.1 Å². The molecule has 8 heteroatoms. The van der Waals surface area contributed by atoms with Crippen LogP contribution in [0.3, 0.4) is 0 Å². The number of hydrogen-bond acceptors (Lipinski definition) is 5. The molecule has 1 saturated heterocycles. The normalized spacial score (nSPS) is 21.3. The molecule has 1 amide bonds. The number of nitrogens with zero attached hydrogens (tertiary/aromatic N) is 3. The molecule has 0 saturated carbocycles. The molecular weight excluding hydrogens is 474 g/mol. The van der Waals surface area contributed by atoms with Crippen molar-refractivity contribution in [2.24, 2.45) is 0 Å². The lowest BCUT2D eigenvalue weighted by Gasteiger charge is -2.43. The van der Waals surface area contributed by atoms with Crippen molar-refractivity contribution < 1.29 is 19.4 Å². The third-order valence-corrected chi connectivity index (χ3v) is 6.36. The van der Waals surface area contributed by atoms with Crippen LogP contribution in [-0.2, 0) is 22.4 Å². The topological polar surface area (TPSA) is 83.0 Å². The molecule has 2 aliphatic rings. The number of aromatic nitrogens is 1. The number of carbonyl (C=O) groups excluding carboxylic acids is 1. The lowest BCUT2D eigenvalue weighted by atomic mass is 9.95. The number of pyridine rings is 1. The fraction of sp³-hybridized carbons (Fsp3) is 0.458. The molecule has 0 spiro atoms. The SMILES string of the molecule is CC(C)(C)OC(=O)N1CCN(C2c3ccccc3CCc3cc(Br)cnc32)C[C@@H]1C(=O)O. The Kier molecular flexibility index (Phi) is 6.27. The highest BCUT2D eigenvalue weighted by atomic mass is 79.9. The first kappa shape index (κ1) is 22.7. The predicted molar refractivity (Wildman–Crippen MR) is 124 cm³/mol. The molecule has 1 aliphatic heterocycles. The maximum Gasteiger partial charge on any atom is 0.411 e. The average Bonchev–Trinajstić information content (AvgIpc) is 2.88. The Labute approximate surface area is 196 Å². The molecule has 170 valence electrons. The predicted octanol–water partition coefficient (Wildman–Crippen LogP) is 4.04. The second-order valence-corrected chi connectivity index (χ2v) is 10.2. The highest BCUT2D eigenvalue weighted by Gasteiger charge is 2.41. The number of rotatable bonds is 2. The first-order valence-corrected chi connectivity index (χ1v) is 11.6. The van der Waals surface area contributed by atoms with Gasteiger partial charge in [-0.1, -0.05) is 24.3 Å². The third-order valence-electron chi connectivity index (χ3n) is 5.93. The monoisotopic (exact) mass is 501 g/mol. The molecule has 1 aromatic heterocycles. The summed E-state index contributed by atoms with van der Waals surface area (Å²) in [6.07, 6.45) is 2.98. The number of amides is 1. The minimum absolute atomic E-state index is 0.167. The molecule has 0 bridgehead atoms. The van der Waals surface area contributed by atoms with E-state index >= 15 is 0 Å². The fourth-order valence-electron chi connectivity index (χ4n) is 4.54.